The van der Waals surface area contributed by atoms with Crippen LogP contribution in [0.15, 0.2) is 23.1 Å². The smallest absolute Gasteiger partial charge is 0.254 e. The standard InChI is InChI=1S/C22H33N3O2S/c1-16-11-17(2)14-25(13-16)21(26)15-23-7-9-24(10-8-23)22(27)20-12-19(28-4)6-5-18(20)3/h5-6,12,16-17H,7-11,13-15H2,1-4H3. The summed E-state index contributed by atoms with van der Waals surface area (Å²) in [5.74, 6) is 1.52. The molecule has 2 unspecified atom stereocenters. The highest BCUT2D eigenvalue weighted by atomic mass is 32.2. The van der Waals surface area contributed by atoms with Gasteiger partial charge in [-0.25, -0.2) is 0 Å². The van der Waals surface area contributed by atoms with Gasteiger partial charge in [0.05, 0.1) is 6.54 Å². The predicted molar refractivity (Wildman–Crippen MR) is 115 cm³/mol. The van der Waals surface area contributed by atoms with E-state index in [1.54, 1.807) is 11.8 Å². The molecule has 5 nitrogen and oxygen atoms in total. The van der Waals surface area contributed by atoms with Crippen LogP contribution in [0.1, 0.15) is 36.2 Å². The molecule has 0 bridgehead atoms. The maximum absolute atomic E-state index is 13.0. The quantitative estimate of drug-likeness (QED) is 0.725. The van der Waals surface area contributed by atoms with E-state index in [-0.39, 0.29) is 11.8 Å². The topological polar surface area (TPSA) is 43.9 Å². The lowest BCUT2D eigenvalue weighted by molar-refractivity contribution is -0.135. The fourth-order valence-corrected chi connectivity index (χ4v) is 4.84. The second-order valence-electron chi connectivity index (χ2n) is 8.49. The molecule has 1 aromatic rings. The van der Waals surface area contributed by atoms with Crippen LogP contribution in [0.25, 0.3) is 0 Å². The number of hydrogen-bond donors (Lipinski definition) is 0. The summed E-state index contributed by atoms with van der Waals surface area (Å²) in [6.07, 6.45) is 3.24. The lowest BCUT2D eigenvalue weighted by Crippen LogP contribution is -2.53. The predicted octanol–water partition coefficient (Wildman–Crippen LogP) is 2.98. The van der Waals surface area contributed by atoms with Crippen LogP contribution in [0.5, 0.6) is 0 Å². The van der Waals surface area contributed by atoms with Crippen LogP contribution < -0.4 is 0 Å². The second kappa shape index (κ2) is 9.31. The molecule has 154 valence electrons. The molecular weight excluding hydrogens is 370 g/mol. The van der Waals surface area contributed by atoms with E-state index in [0.29, 0.717) is 31.5 Å². The van der Waals surface area contributed by atoms with Crippen molar-refractivity contribution in [2.75, 3.05) is 52.1 Å². The fourth-order valence-electron chi connectivity index (χ4n) is 4.40. The van der Waals surface area contributed by atoms with Crippen molar-refractivity contribution in [1.82, 2.24) is 14.7 Å². The largest absolute Gasteiger partial charge is 0.341 e. The number of amides is 2. The molecule has 6 heteroatoms. The zero-order valence-electron chi connectivity index (χ0n) is 17.6. The molecule has 0 aliphatic carbocycles. The van der Waals surface area contributed by atoms with Gasteiger partial charge in [0.25, 0.3) is 5.91 Å². The fraction of sp³-hybridized carbons (Fsp3) is 0.636. The van der Waals surface area contributed by atoms with Gasteiger partial charge in [-0.1, -0.05) is 19.9 Å². The summed E-state index contributed by atoms with van der Waals surface area (Å²) in [4.78, 5) is 32.9. The first kappa shape index (κ1) is 21.2. The number of nitrogens with zero attached hydrogens (tertiary/aromatic N) is 3. The summed E-state index contributed by atoms with van der Waals surface area (Å²) in [6.45, 7) is 11.6. The third-order valence-electron chi connectivity index (χ3n) is 5.92. The monoisotopic (exact) mass is 403 g/mol. The molecule has 0 saturated carbocycles. The number of carbonyl (C=O) groups is 2. The molecule has 0 radical (unpaired) electrons. The first-order valence-corrected chi connectivity index (χ1v) is 11.5. The Kier molecular flexibility index (Phi) is 7.05. The minimum absolute atomic E-state index is 0.109. The van der Waals surface area contributed by atoms with Crippen LogP contribution in [-0.4, -0.2) is 78.6 Å². The van der Waals surface area contributed by atoms with Crippen LogP contribution in [0.3, 0.4) is 0 Å². The molecule has 0 aromatic heterocycles. The van der Waals surface area contributed by atoms with E-state index in [1.165, 1.54) is 6.42 Å². The first-order valence-electron chi connectivity index (χ1n) is 10.3. The van der Waals surface area contributed by atoms with E-state index < -0.39 is 0 Å². The number of piperazine rings is 1. The Labute approximate surface area is 173 Å². The van der Waals surface area contributed by atoms with E-state index in [1.807, 2.05) is 35.1 Å². The normalized spacial score (nSPS) is 23.7. The Morgan fingerprint density at radius 1 is 1.04 bits per heavy atom. The van der Waals surface area contributed by atoms with Gasteiger partial charge in [-0.2, -0.15) is 0 Å². The van der Waals surface area contributed by atoms with Crippen molar-refractivity contribution in [3.8, 4) is 0 Å². The lowest BCUT2D eigenvalue weighted by atomic mass is 9.92. The number of rotatable bonds is 4. The SMILES string of the molecule is CSc1ccc(C)c(C(=O)N2CCN(CC(=O)N3CC(C)CC(C)C3)CC2)c1. The zero-order chi connectivity index (χ0) is 20.3. The van der Waals surface area contributed by atoms with E-state index >= 15 is 0 Å². The maximum Gasteiger partial charge on any atom is 0.254 e. The number of carbonyl (C=O) groups excluding carboxylic acids is 2. The van der Waals surface area contributed by atoms with Crippen molar-refractivity contribution < 1.29 is 9.59 Å². The van der Waals surface area contributed by atoms with Gasteiger partial charge >= 0.3 is 0 Å². The molecule has 0 spiro atoms. The highest BCUT2D eigenvalue weighted by Gasteiger charge is 2.28. The van der Waals surface area contributed by atoms with Crippen LogP contribution in [0.2, 0.25) is 0 Å². The summed E-state index contributed by atoms with van der Waals surface area (Å²) >= 11 is 1.66. The van der Waals surface area contributed by atoms with Crippen molar-refractivity contribution in [3.63, 3.8) is 0 Å². The molecular formula is C22H33N3O2S. The Morgan fingerprint density at radius 3 is 2.29 bits per heavy atom. The number of hydrogen-bond acceptors (Lipinski definition) is 4. The molecule has 2 fully saturated rings. The summed E-state index contributed by atoms with van der Waals surface area (Å²) < 4.78 is 0. The van der Waals surface area contributed by atoms with Gasteiger partial charge in [0.2, 0.25) is 5.91 Å². The highest BCUT2D eigenvalue weighted by molar-refractivity contribution is 7.98. The minimum atomic E-state index is 0.109. The number of thioether (sulfide) groups is 1. The van der Waals surface area contributed by atoms with Crippen molar-refractivity contribution in [3.05, 3.63) is 29.3 Å². The van der Waals surface area contributed by atoms with Crippen molar-refractivity contribution in [1.29, 1.82) is 0 Å². The Bertz CT molecular complexity index is 706. The van der Waals surface area contributed by atoms with Crippen LogP contribution >= 0.6 is 11.8 Å². The Hall–Kier alpha value is -1.53. The first-order chi connectivity index (χ1) is 13.4. The lowest BCUT2D eigenvalue weighted by Gasteiger charge is -2.38. The van der Waals surface area contributed by atoms with Crippen molar-refractivity contribution >= 4 is 23.6 Å². The average Bonchev–Trinajstić information content (AvgIpc) is 2.67. The third-order valence-corrected chi connectivity index (χ3v) is 6.64. The van der Waals surface area contributed by atoms with Gasteiger partial charge in [-0.15, -0.1) is 11.8 Å². The summed E-state index contributed by atoms with van der Waals surface area (Å²) in [5, 5.41) is 0. The number of benzene rings is 1. The Morgan fingerprint density at radius 2 is 1.68 bits per heavy atom. The van der Waals surface area contributed by atoms with Gasteiger partial charge in [-0.3, -0.25) is 14.5 Å². The molecule has 2 saturated heterocycles. The molecule has 2 aliphatic rings. The minimum Gasteiger partial charge on any atom is -0.341 e. The Balaban J connectivity index is 1.53. The van der Waals surface area contributed by atoms with Gasteiger partial charge in [0.1, 0.15) is 0 Å². The highest BCUT2D eigenvalue weighted by Crippen LogP contribution is 2.22. The molecule has 3 rings (SSSR count). The number of likely N-dealkylation sites (tertiary alicyclic amines) is 1. The average molecular weight is 404 g/mol. The van der Waals surface area contributed by atoms with Gasteiger partial charge in [-0.05, 0) is 49.1 Å². The summed E-state index contributed by atoms with van der Waals surface area (Å²) in [5.41, 5.74) is 1.82. The molecule has 28 heavy (non-hydrogen) atoms. The van der Waals surface area contributed by atoms with Gasteiger partial charge in [0.15, 0.2) is 0 Å². The molecule has 2 amide bonds. The molecule has 1 aromatic carbocycles. The number of aryl methyl sites for hydroxylation is 1. The third kappa shape index (κ3) is 5.09. The molecule has 2 atom stereocenters. The van der Waals surface area contributed by atoms with E-state index in [9.17, 15) is 9.59 Å². The van der Waals surface area contributed by atoms with Crippen molar-refractivity contribution in [2.24, 2.45) is 11.8 Å². The van der Waals surface area contributed by atoms with Gasteiger partial charge in [0, 0.05) is 49.7 Å². The molecule has 2 heterocycles. The van der Waals surface area contributed by atoms with E-state index in [0.717, 1.165) is 42.2 Å². The maximum atomic E-state index is 13.0. The summed E-state index contributed by atoms with van der Waals surface area (Å²) in [6, 6.07) is 6.08. The second-order valence-corrected chi connectivity index (χ2v) is 9.37. The van der Waals surface area contributed by atoms with Crippen molar-refractivity contribution in [2.45, 2.75) is 32.1 Å². The molecule has 0 N–H and O–H groups in total. The van der Waals surface area contributed by atoms with E-state index in [4.69, 9.17) is 0 Å². The van der Waals surface area contributed by atoms with Crippen LogP contribution in [-0.2, 0) is 4.79 Å². The van der Waals surface area contributed by atoms with Crippen LogP contribution in [0, 0.1) is 18.8 Å². The zero-order valence-corrected chi connectivity index (χ0v) is 18.4. The number of piperidine rings is 1. The summed E-state index contributed by atoms with van der Waals surface area (Å²) in [7, 11) is 0. The molecule has 2 aliphatic heterocycles. The van der Waals surface area contributed by atoms with E-state index in [2.05, 4.69) is 24.8 Å². The van der Waals surface area contributed by atoms with Crippen LogP contribution in [0.4, 0.5) is 0 Å². The van der Waals surface area contributed by atoms with Gasteiger partial charge < -0.3 is 9.80 Å².